The number of amides is 1. The van der Waals surface area contributed by atoms with Crippen LogP contribution in [0.25, 0.3) is 0 Å². The lowest BCUT2D eigenvalue weighted by Crippen LogP contribution is -2.27. The highest BCUT2D eigenvalue weighted by atomic mass is 19.1. The summed E-state index contributed by atoms with van der Waals surface area (Å²) in [6.45, 7) is 6.22. The van der Waals surface area contributed by atoms with Gasteiger partial charge in [-0.2, -0.15) is 0 Å². The maximum absolute atomic E-state index is 13.3. The lowest BCUT2D eigenvalue weighted by atomic mass is 10.1. The molecule has 0 unspecified atom stereocenters. The molecular formula is C21H25FN2O. The minimum absolute atomic E-state index is 0.135. The number of carbonyl (C=O) groups is 1. The van der Waals surface area contributed by atoms with Gasteiger partial charge in [0, 0.05) is 31.7 Å². The second-order valence-corrected chi connectivity index (χ2v) is 6.63. The molecule has 0 spiro atoms. The van der Waals surface area contributed by atoms with E-state index < -0.39 is 0 Å². The van der Waals surface area contributed by atoms with E-state index in [1.54, 1.807) is 12.1 Å². The topological polar surface area (TPSA) is 23.6 Å². The Balaban J connectivity index is 1.62. The summed E-state index contributed by atoms with van der Waals surface area (Å²) in [5, 5.41) is 0. The van der Waals surface area contributed by atoms with E-state index in [-0.39, 0.29) is 11.7 Å². The summed E-state index contributed by atoms with van der Waals surface area (Å²) in [7, 11) is 0. The van der Waals surface area contributed by atoms with Crippen LogP contribution in [0.4, 0.5) is 4.39 Å². The Hall–Kier alpha value is -2.20. The molecule has 1 saturated heterocycles. The van der Waals surface area contributed by atoms with Crippen molar-refractivity contribution >= 4 is 5.91 Å². The summed E-state index contributed by atoms with van der Waals surface area (Å²) in [6, 6.07) is 14.6. The lowest BCUT2D eigenvalue weighted by Gasteiger charge is -2.21. The molecule has 3 nitrogen and oxygen atoms in total. The zero-order valence-electron chi connectivity index (χ0n) is 14.7. The van der Waals surface area contributed by atoms with E-state index in [1.807, 2.05) is 35.2 Å². The predicted octanol–water partition coefficient (Wildman–Crippen LogP) is 4.08. The molecule has 0 atom stereocenters. The van der Waals surface area contributed by atoms with Gasteiger partial charge in [-0.05, 0) is 54.8 Å². The van der Waals surface area contributed by atoms with Crippen LogP contribution in [0.15, 0.2) is 48.5 Å². The number of rotatable bonds is 6. The van der Waals surface area contributed by atoms with E-state index >= 15 is 0 Å². The molecule has 1 fully saturated rings. The fourth-order valence-electron chi connectivity index (χ4n) is 3.29. The zero-order chi connectivity index (χ0) is 17.6. The van der Waals surface area contributed by atoms with Crippen molar-refractivity contribution in [3.05, 3.63) is 71.0 Å². The van der Waals surface area contributed by atoms with E-state index in [2.05, 4.69) is 11.8 Å². The van der Waals surface area contributed by atoms with Crippen LogP contribution in [0.5, 0.6) is 0 Å². The van der Waals surface area contributed by atoms with E-state index in [9.17, 15) is 9.18 Å². The third-order valence-electron chi connectivity index (χ3n) is 4.74. The molecule has 0 aliphatic carbocycles. The first-order chi connectivity index (χ1) is 12.2. The van der Waals surface area contributed by atoms with Crippen molar-refractivity contribution < 1.29 is 9.18 Å². The number of likely N-dealkylation sites (tertiary alicyclic amines) is 1. The van der Waals surface area contributed by atoms with Crippen molar-refractivity contribution in [2.45, 2.75) is 32.9 Å². The maximum Gasteiger partial charge on any atom is 0.253 e. The Morgan fingerprint density at radius 3 is 2.36 bits per heavy atom. The third-order valence-corrected chi connectivity index (χ3v) is 4.74. The average Bonchev–Trinajstić information content (AvgIpc) is 3.16. The van der Waals surface area contributed by atoms with Gasteiger partial charge < -0.3 is 4.90 Å². The molecule has 25 heavy (non-hydrogen) atoms. The molecule has 1 aliphatic heterocycles. The van der Waals surface area contributed by atoms with Crippen LogP contribution in [0, 0.1) is 5.82 Å². The maximum atomic E-state index is 13.3. The standard InChI is InChI=1S/C21H25FN2O/c1-2-23(16-18-6-5-7-20(22)14-18)15-17-8-10-19(11-9-17)21(25)24-12-3-4-13-24/h5-11,14H,2-4,12-13,15-16H2,1H3. The van der Waals surface area contributed by atoms with Gasteiger partial charge in [0.2, 0.25) is 0 Å². The van der Waals surface area contributed by atoms with Crippen LogP contribution < -0.4 is 0 Å². The van der Waals surface area contributed by atoms with Crippen LogP contribution in [0.2, 0.25) is 0 Å². The number of halogens is 1. The molecule has 0 radical (unpaired) electrons. The van der Waals surface area contributed by atoms with Gasteiger partial charge in [0.05, 0.1) is 0 Å². The molecule has 0 N–H and O–H groups in total. The number of hydrogen-bond acceptors (Lipinski definition) is 2. The lowest BCUT2D eigenvalue weighted by molar-refractivity contribution is 0.0793. The van der Waals surface area contributed by atoms with E-state index in [0.29, 0.717) is 6.54 Å². The van der Waals surface area contributed by atoms with Crippen molar-refractivity contribution in [2.24, 2.45) is 0 Å². The first-order valence-electron chi connectivity index (χ1n) is 9.00. The summed E-state index contributed by atoms with van der Waals surface area (Å²) in [4.78, 5) is 16.6. The van der Waals surface area contributed by atoms with Crippen LogP contribution in [-0.2, 0) is 13.1 Å². The minimum Gasteiger partial charge on any atom is -0.339 e. The van der Waals surface area contributed by atoms with Gasteiger partial charge in [0.1, 0.15) is 5.82 Å². The zero-order valence-corrected chi connectivity index (χ0v) is 14.7. The molecule has 0 saturated carbocycles. The molecule has 0 aromatic heterocycles. The average molecular weight is 340 g/mol. The van der Waals surface area contributed by atoms with E-state index in [4.69, 9.17) is 0 Å². The Bertz CT molecular complexity index is 708. The SMILES string of the molecule is CCN(Cc1ccc(C(=O)N2CCCC2)cc1)Cc1cccc(F)c1. The number of hydrogen-bond donors (Lipinski definition) is 0. The number of nitrogens with zero attached hydrogens (tertiary/aromatic N) is 2. The van der Waals surface area contributed by atoms with Crippen LogP contribution >= 0.6 is 0 Å². The van der Waals surface area contributed by atoms with Gasteiger partial charge in [0.25, 0.3) is 5.91 Å². The molecule has 1 aliphatic rings. The Morgan fingerprint density at radius 2 is 1.72 bits per heavy atom. The van der Waals surface area contributed by atoms with Crippen molar-refractivity contribution in [3.8, 4) is 0 Å². The van der Waals surface area contributed by atoms with Gasteiger partial charge in [-0.3, -0.25) is 9.69 Å². The highest BCUT2D eigenvalue weighted by Crippen LogP contribution is 2.15. The van der Waals surface area contributed by atoms with Crippen molar-refractivity contribution in [2.75, 3.05) is 19.6 Å². The summed E-state index contributed by atoms with van der Waals surface area (Å²) in [5.74, 6) is -0.0607. The summed E-state index contributed by atoms with van der Waals surface area (Å²) in [5.41, 5.74) is 2.90. The quantitative estimate of drug-likeness (QED) is 0.791. The monoisotopic (exact) mass is 340 g/mol. The third kappa shape index (κ3) is 4.67. The molecule has 0 bridgehead atoms. The fraction of sp³-hybridized carbons (Fsp3) is 0.381. The fourth-order valence-corrected chi connectivity index (χ4v) is 3.29. The molecule has 2 aromatic rings. The highest BCUT2D eigenvalue weighted by molar-refractivity contribution is 5.94. The molecule has 1 amide bonds. The van der Waals surface area contributed by atoms with Crippen LogP contribution in [-0.4, -0.2) is 35.3 Å². The largest absolute Gasteiger partial charge is 0.339 e. The Kier molecular flexibility index (Phi) is 5.82. The van der Waals surface area contributed by atoms with Gasteiger partial charge in [-0.25, -0.2) is 4.39 Å². The van der Waals surface area contributed by atoms with Gasteiger partial charge in [-0.1, -0.05) is 31.2 Å². The Labute approximate surface area is 149 Å². The number of benzene rings is 2. The summed E-state index contributed by atoms with van der Waals surface area (Å²) in [6.07, 6.45) is 2.21. The second-order valence-electron chi connectivity index (χ2n) is 6.63. The highest BCUT2D eigenvalue weighted by Gasteiger charge is 2.19. The molecular weight excluding hydrogens is 315 g/mol. The minimum atomic E-state index is -0.196. The van der Waals surface area contributed by atoms with Crippen molar-refractivity contribution in [1.29, 1.82) is 0 Å². The summed E-state index contributed by atoms with van der Waals surface area (Å²) < 4.78 is 13.3. The van der Waals surface area contributed by atoms with E-state index in [1.165, 1.54) is 6.07 Å². The molecule has 4 heteroatoms. The first-order valence-corrected chi connectivity index (χ1v) is 9.00. The van der Waals surface area contributed by atoms with Crippen LogP contribution in [0.1, 0.15) is 41.3 Å². The predicted molar refractivity (Wildman–Crippen MR) is 97.8 cm³/mol. The molecule has 1 heterocycles. The molecule has 3 rings (SSSR count). The molecule has 132 valence electrons. The van der Waals surface area contributed by atoms with Crippen molar-refractivity contribution in [3.63, 3.8) is 0 Å². The first kappa shape index (κ1) is 17.6. The number of carbonyl (C=O) groups excluding carboxylic acids is 1. The van der Waals surface area contributed by atoms with Gasteiger partial charge >= 0.3 is 0 Å². The molecule has 2 aromatic carbocycles. The van der Waals surface area contributed by atoms with Crippen molar-refractivity contribution in [1.82, 2.24) is 9.80 Å². The second kappa shape index (κ2) is 8.26. The Morgan fingerprint density at radius 1 is 1.04 bits per heavy atom. The summed E-state index contributed by atoms with van der Waals surface area (Å²) >= 11 is 0. The normalized spacial score (nSPS) is 14.3. The van der Waals surface area contributed by atoms with E-state index in [0.717, 1.165) is 55.7 Å². The smallest absolute Gasteiger partial charge is 0.253 e. The van der Waals surface area contributed by atoms with Gasteiger partial charge in [-0.15, -0.1) is 0 Å². The van der Waals surface area contributed by atoms with Crippen LogP contribution in [0.3, 0.4) is 0 Å². The van der Waals surface area contributed by atoms with Gasteiger partial charge in [0.15, 0.2) is 0 Å².